The Balaban J connectivity index is 1.82. The average Bonchev–Trinajstić information content (AvgIpc) is 2.74. The number of amidine groups is 1. The highest BCUT2D eigenvalue weighted by Gasteiger charge is 2.19. The Morgan fingerprint density at radius 2 is 2.06 bits per heavy atom. The molecule has 0 aliphatic carbocycles. The molecule has 0 saturated carbocycles. The summed E-state index contributed by atoms with van der Waals surface area (Å²) in [5.41, 5.74) is 6.82. The summed E-state index contributed by atoms with van der Waals surface area (Å²) in [6.07, 6.45) is 2.44. The zero-order valence-corrected chi connectivity index (χ0v) is 16.8. The Morgan fingerprint density at radius 3 is 2.71 bits per heavy atom. The molecule has 3 N–H and O–H groups in total. The van der Waals surface area contributed by atoms with Gasteiger partial charge in [-0.15, -0.1) is 0 Å². The van der Waals surface area contributed by atoms with Crippen LogP contribution in [0.2, 0.25) is 0 Å². The number of nitrogens with two attached hydrogens (primary N) is 1. The Labute approximate surface area is 177 Å². The lowest BCUT2D eigenvalue weighted by atomic mass is 10.1. The minimum absolute atomic E-state index is 0.00904. The van der Waals surface area contributed by atoms with Gasteiger partial charge < -0.3 is 25.5 Å². The average molecular weight is 433 g/mol. The molecule has 7 nitrogen and oxygen atoms in total. The van der Waals surface area contributed by atoms with E-state index in [-0.39, 0.29) is 23.5 Å². The van der Waals surface area contributed by atoms with Crippen molar-refractivity contribution >= 4 is 29.3 Å². The third-order valence-electron chi connectivity index (χ3n) is 4.48. The number of rotatable bonds is 7. The lowest BCUT2D eigenvalue weighted by Crippen LogP contribution is -2.41. The molecule has 1 saturated heterocycles. The van der Waals surface area contributed by atoms with Gasteiger partial charge in [0.1, 0.15) is 17.4 Å². The molecule has 3 rings (SSSR count). The molecule has 1 unspecified atom stereocenters. The topological polar surface area (TPSA) is 96.8 Å². The molecular formula is C21H22F3N5O2. The van der Waals surface area contributed by atoms with E-state index in [1.165, 1.54) is 36.4 Å². The summed E-state index contributed by atoms with van der Waals surface area (Å²) in [5.74, 6) is -0.314. The van der Waals surface area contributed by atoms with Gasteiger partial charge in [0.15, 0.2) is 11.6 Å². The van der Waals surface area contributed by atoms with Crippen LogP contribution in [0.15, 0.2) is 47.5 Å². The van der Waals surface area contributed by atoms with Gasteiger partial charge in [-0.1, -0.05) is 12.1 Å². The molecule has 1 aliphatic rings. The Morgan fingerprint density at radius 1 is 1.32 bits per heavy atom. The first-order valence-electron chi connectivity index (χ1n) is 9.50. The van der Waals surface area contributed by atoms with E-state index in [0.29, 0.717) is 36.7 Å². The number of anilines is 1. The van der Waals surface area contributed by atoms with Crippen LogP contribution in [0.25, 0.3) is 5.57 Å². The second-order valence-electron chi connectivity index (χ2n) is 6.79. The summed E-state index contributed by atoms with van der Waals surface area (Å²) in [7, 11) is 0. The predicted molar refractivity (Wildman–Crippen MR) is 113 cm³/mol. The van der Waals surface area contributed by atoms with Crippen LogP contribution in [0.5, 0.6) is 5.75 Å². The van der Waals surface area contributed by atoms with E-state index >= 15 is 0 Å². The lowest BCUT2D eigenvalue weighted by molar-refractivity contribution is -0.0498. The van der Waals surface area contributed by atoms with Crippen molar-refractivity contribution in [2.75, 3.05) is 24.6 Å². The van der Waals surface area contributed by atoms with E-state index in [9.17, 15) is 13.2 Å². The Hall–Kier alpha value is -3.40. The standard InChI is InChI=1S/C21H22F3N5O2/c1-13-12-29(8-9-30-13)19-7-6-17(22)20(28-19)27-18(26)10-15(11-25)14-2-4-16(5-3-14)31-21(23)24/h2-7,10-11,13,21,25H,8-9,12H2,1H3,(H2,26,27,28)/b15-10+,25-11?. The predicted octanol–water partition coefficient (Wildman–Crippen LogP) is 3.77. The number of alkyl halides is 2. The van der Waals surface area contributed by atoms with Crippen LogP contribution >= 0.6 is 0 Å². The first-order valence-corrected chi connectivity index (χ1v) is 9.50. The molecule has 1 fully saturated rings. The quantitative estimate of drug-likeness (QED) is 0.512. The Kier molecular flexibility index (Phi) is 7.24. The molecule has 0 bridgehead atoms. The van der Waals surface area contributed by atoms with E-state index in [4.69, 9.17) is 15.9 Å². The smallest absolute Gasteiger partial charge is 0.387 e. The molecule has 10 heteroatoms. The van der Waals surface area contributed by atoms with Gasteiger partial charge in [-0.25, -0.2) is 14.4 Å². The highest BCUT2D eigenvalue weighted by Crippen LogP contribution is 2.23. The van der Waals surface area contributed by atoms with Gasteiger partial charge in [0, 0.05) is 24.9 Å². The number of pyridine rings is 1. The van der Waals surface area contributed by atoms with Gasteiger partial charge in [-0.05, 0) is 42.8 Å². The number of hydrogen-bond acceptors (Lipinski definition) is 6. The molecular weight excluding hydrogens is 411 g/mol. The van der Waals surface area contributed by atoms with Gasteiger partial charge in [-0.3, -0.25) is 0 Å². The molecule has 2 heterocycles. The second kappa shape index (κ2) is 10.1. The maximum Gasteiger partial charge on any atom is 0.387 e. The van der Waals surface area contributed by atoms with Crippen LogP contribution in [-0.4, -0.2) is 49.4 Å². The van der Waals surface area contributed by atoms with Crippen molar-refractivity contribution in [1.82, 2.24) is 4.98 Å². The normalized spacial score (nSPS) is 17.7. The maximum atomic E-state index is 14.3. The van der Waals surface area contributed by atoms with Crippen LogP contribution in [-0.2, 0) is 4.74 Å². The molecule has 31 heavy (non-hydrogen) atoms. The van der Waals surface area contributed by atoms with E-state index in [1.54, 1.807) is 6.07 Å². The molecule has 1 aliphatic heterocycles. The highest BCUT2D eigenvalue weighted by molar-refractivity contribution is 6.15. The number of halogens is 3. The van der Waals surface area contributed by atoms with Crippen molar-refractivity contribution in [1.29, 1.82) is 5.41 Å². The number of hydrogen-bond donors (Lipinski definition) is 2. The van der Waals surface area contributed by atoms with Crippen LogP contribution in [0.1, 0.15) is 12.5 Å². The second-order valence-corrected chi connectivity index (χ2v) is 6.79. The maximum absolute atomic E-state index is 14.3. The summed E-state index contributed by atoms with van der Waals surface area (Å²) in [6.45, 7) is 0.825. The number of aromatic nitrogens is 1. The molecule has 0 amide bonds. The van der Waals surface area contributed by atoms with E-state index < -0.39 is 12.4 Å². The van der Waals surface area contributed by atoms with Crippen molar-refractivity contribution in [2.24, 2.45) is 10.7 Å². The first-order chi connectivity index (χ1) is 14.9. The molecule has 1 aromatic carbocycles. The van der Waals surface area contributed by atoms with Crippen LogP contribution < -0.4 is 15.4 Å². The van der Waals surface area contributed by atoms with Crippen molar-refractivity contribution in [2.45, 2.75) is 19.6 Å². The van der Waals surface area contributed by atoms with Gasteiger partial charge in [0.05, 0.1) is 12.7 Å². The highest BCUT2D eigenvalue weighted by atomic mass is 19.3. The van der Waals surface area contributed by atoms with Gasteiger partial charge in [-0.2, -0.15) is 8.78 Å². The number of ether oxygens (including phenoxy) is 2. The number of morpholine rings is 1. The zero-order chi connectivity index (χ0) is 22.4. The fourth-order valence-corrected chi connectivity index (χ4v) is 3.05. The number of benzene rings is 1. The minimum atomic E-state index is -2.93. The molecule has 164 valence electrons. The van der Waals surface area contributed by atoms with Gasteiger partial charge in [0.2, 0.25) is 0 Å². The molecule has 2 aromatic rings. The number of nitrogens with zero attached hydrogens (tertiary/aromatic N) is 3. The third kappa shape index (κ3) is 6.05. The molecule has 1 atom stereocenters. The zero-order valence-electron chi connectivity index (χ0n) is 16.8. The van der Waals surface area contributed by atoms with Crippen LogP contribution in [0.3, 0.4) is 0 Å². The Bertz CT molecular complexity index is 979. The number of nitrogens with one attached hydrogen (secondary N) is 1. The van der Waals surface area contributed by atoms with E-state index in [1.807, 2.05) is 11.8 Å². The van der Waals surface area contributed by atoms with Crippen LogP contribution in [0, 0.1) is 11.2 Å². The van der Waals surface area contributed by atoms with Crippen molar-refractivity contribution < 1.29 is 22.6 Å². The van der Waals surface area contributed by atoms with Crippen molar-refractivity contribution in [3.8, 4) is 5.75 Å². The number of aliphatic imine (C=N–C) groups is 1. The summed E-state index contributed by atoms with van der Waals surface area (Å²) >= 11 is 0. The SMILES string of the molecule is CC1CN(c2ccc(F)c(/N=C(N)/C=C(\C=N)c3ccc(OC(F)F)cc3)n2)CCO1. The third-order valence-corrected chi connectivity index (χ3v) is 4.48. The van der Waals surface area contributed by atoms with Crippen molar-refractivity contribution in [3.05, 3.63) is 53.9 Å². The number of allylic oxidation sites excluding steroid dienone is 1. The first kappa shape index (κ1) is 22.3. The summed E-state index contributed by atoms with van der Waals surface area (Å²) in [4.78, 5) is 10.3. The summed E-state index contributed by atoms with van der Waals surface area (Å²) < 4.78 is 48.6. The van der Waals surface area contributed by atoms with Gasteiger partial charge in [0.25, 0.3) is 0 Å². The monoisotopic (exact) mass is 433 g/mol. The molecule has 1 aromatic heterocycles. The summed E-state index contributed by atoms with van der Waals surface area (Å²) in [5, 5.41) is 7.60. The largest absolute Gasteiger partial charge is 0.435 e. The summed E-state index contributed by atoms with van der Waals surface area (Å²) in [6, 6.07) is 8.55. The van der Waals surface area contributed by atoms with Gasteiger partial charge >= 0.3 is 6.61 Å². The fourth-order valence-electron chi connectivity index (χ4n) is 3.05. The molecule has 0 spiro atoms. The fraction of sp³-hybridized carbons (Fsp3) is 0.286. The van der Waals surface area contributed by atoms with E-state index in [2.05, 4.69) is 14.7 Å². The van der Waals surface area contributed by atoms with Crippen LogP contribution in [0.4, 0.5) is 24.8 Å². The van der Waals surface area contributed by atoms with Crippen molar-refractivity contribution in [3.63, 3.8) is 0 Å². The lowest BCUT2D eigenvalue weighted by Gasteiger charge is -2.32. The molecule has 0 radical (unpaired) electrons. The minimum Gasteiger partial charge on any atom is -0.435 e. The van der Waals surface area contributed by atoms with E-state index in [0.717, 1.165) is 6.21 Å².